The molecule has 3 aromatic rings. The largest absolute Gasteiger partial charge is 0.379 e. The van der Waals surface area contributed by atoms with E-state index in [1.54, 1.807) is 0 Å². The highest BCUT2D eigenvalue weighted by Gasteiger charge is 2.15. The van der Waals surface area contributed by atoms with Crippen molar-refractivity contribution >= 4 is 11.8 Å². The van der Waals surface area contributed by atoms with E-state index >= 15 is 0 Å². The van der Waals surface area contributed by atoms with Gasteiger partial charge in [0.1, 0.15) is 0 Å². The molecule has 24 heavy (non-hydrogen) atoms. The predicted molar refractivity (Wildman–Crippen MR) is 92.1 cm³/mol. The molecule has 0 atom stereocenters. The number of fused-ring (bicyclic) bond motifs is 1. The minimum atomic E-state index is 0.664. The monoisotopic (exact) mass is 321 g/mol. The van der Waals surface area contributed by atoms with Crippen LogP contribution in [0.25, 0.3) is 16.9 Å². The van der Waals surface area contributed by atoms with Gasteiger partial charge in [-0.2, -0.15) is 0 Å². The summed E-state index contributed by atoms with van der Waals surface area (Å²) in [5.41, 5.74) is 4.54. The minimum Gasteiger partial charge on any atom is -0.379 e. The number of aromatic nitrogens is 2. The third-order valence-electron chi connectivity index (χ3n) is 4.41. The lowest BCUT2D eigenvalue weighted by Gasteiger charge is -2.26. The van der Waals surface area contributed by atoms with Gasteiger partial charge in [-0.3, -0.25) is 14.7 Å². The van der Waals surface area contributed by atoms with Crippen LogP contribution in [0.2, 0.25) is 0 Å². The Kier molecular flexibility index (Phi) is 4.11. The third-order valence-corrected chi connectivity index (χ3v) is 4.41. The lowest BCUT2D eigenvalue weighted by atomic mass is 10.1. The topological polar surface area (TPSA) is 46.8 Å². The Balaban J connectivity index is 1.72. The van der Waals surface area contributed by atoms with Gasteiger partial charge in [0.15, 0.2) is 6.29 Å². The Morgan fingerprint density at radius 2 is 2.04 bits per heavy atom. The van der Waals surface area contributed by atoms with Crippen molar-refractivity contribution in [1.29, 1.82) is 0 Å². The average molecular weight is 321 g/mol. The maximum absolute atomic E-state index is 11.5. The number of rotatable bonds is 4. The van der Waals surface area contributed by atoms with Crippen LogP contribution in [0.5, 0.6) is 0 Å². The molecule has 0 aromatic carbocycles. The highest BCUT2D eigenvalue weighted by molar-refractivity contribution is 5.89. The van der Waals surface area contributed by atoms with Gasteiger partial charge in [0, 0.05) is 43.1 Å². The molecule has 1 saturated heterocycles. The van der Waals surface area contributed by atoms with E-state index in [-0.39, 0.29) is 0 Å². The number of morpholine rings is 1. The second-order valence-corrected chi connectivity index (χ2v) is 6.00. The van der Waals surface area contributed by atoms with Crippen LogP contribution >= 0.6 is 0 Å². The van der Waals surface area contributed by atoms with Gasteiger partial charge >= 0.3 is 0 Å². The van der Waals surface area contributed by atoms with Gasteiger partial charge in [-0.05, 0) is 35.9 Å². The second kappa shape index (κ2) is 6.55. The number of hydrogen-bond donors (Lipinski definition) is 0. The van der Waals surface area contributed by atoms with Crippen LogP contribution in [0.4, 0.5) is 0 Å². The van der Waals surface area contributed by atoms with Gasteiger partial charge in [0.25, 0.3) is 0 Å². The van der Waals surface area contributed by atoms with Crippen LogP contribution in [-0.4, -0.2) is 46.9 Å². The number of hydrogen-bond acceptors (Lipinski definition) is 4. The third kappa shape index (κ3) is 2.84. The predicted octanol–water partition coefficient (Wildman–Crippen LogP) is 2.65. The van der Waals surface area contributed by atoms with E-state index in [1.165, 1.54) is 5.56 Å². The first-order valence-electron chi connectivity index (χ1n) is 8.16. The summed E-state index contributed by atoms with van der Waals surface area (Å²) < 4.78 is 7.42. The SMILES string of the molecule is O=Cc1cc2ccccn2c1-c1cc(CN2CCOCC2)ccn1. The summed E-state index contributed by atoms with van der Waals surface area (Å²) in [6.07, 6.45) is 4.69. The van der Waals surface area contributed by atoms with Gasteiger partial charge in [0.05, 0.1) is 24.6 Å². The Labute approximate surface area is 140 Å². The smallest absolute Gasteiger partial charge is 0.152 e. The van der Waals surface area contributed by atoms with Crippen LogP contribution in [-0.2, 0) is 11.3 Å². The Morgan fingerprint density at radius 3 is 2.88 bits per heavy atom. The zero-order chi connectivity index (χ0) is 16.4. The van der Waals surface area contributed by atoms with Crippen molar-refractivity contribution < 1.29 is 9.53 Å². The first kappa shape index (κ1) is 15.1. The number of aldehydes is 1. The Morgan fingerprint density at radius 1 is 1.17 bits per heavy atom. The van der Waals surface area contributed by atoms with E-state index in [0.29, 0.717) is 5.56 Å². The Hall–Kier alpha value is -2.50. The fraction of sp³-hybridized carbons (Fsp3) is 0.263. The lowest BCUT2D eigenvalue weighted by Crippen LogP contribution is -2.35. The van der Waals surface area contributed by atoms with E-state index in [2.05, 4.69) is 16.0 Å². The van der Waals surface area contributed by atoms with Crippen LogP contribution in [0, 0.1) is 0 Å². The van der Waals surface area contributed by atoms with E-state index in [4.69, 9.17) is 4.74 Å². The average Bonchev–Trinajstić information content (AvgIpc) is 3.01. The molecular formula is C19H19N3O2. The van der Waals surface area contributed by atoms with Gasteiger partial charge in [0.2, 0.25) is 0 Å². The summed E-state index contributed by atoms with van der Waals surface area (Å²) in [5, 5.41) is 0. The number of ether oxygens (including phenoxy) is 1. The summed E-state index contributed by atoms with van der Waals surface area (Å²) >= 11 is 0. The number of nitrogens with zero attached hydrogens (tertiary/aromatic N) is 3. The summed E-state index contributed by atoms with van der Waals surface area (Å²) in [7, 11) is 0. The van der Waals surface area contributed by atoms with Gasteiger partial charge in [-0.25, -0.2) is 0 Å². The van der Waals surface area contributed by atoms with Crippen LogP contribution < -0.4 is 0 Å². The molecule has 5 nitrogen and oxygen atoms in total. The van der Waals surface area contributed by atoms with E-state index < -0.39 is 0 Å². The zero-order valence-corrected chi connectivity index (χ0v) is 13.4. The fourth-order valence-corrected chi connectivity index (χ4v) is 3.23. The standard InChI is InChI=1S/C19H19N3O2/c23-14-16-12-17-3-1-2-6-22(17)19(16)18-11-15(4-5-20-18)13-21-7-9-24-10-8-21/h1-6,11-12,14H,7-10,13H2. The van der Waals surface area contributed by atoms with Crippen molar-refractivity contribution in [2.45, 2.75) is 6.54 Å². The molecule has 122 valence electrons. The van der Waals surface area contributed by atoms with Crippen LogP contribution in [0.15, 0.2) is 48.8 Å². The highest BCUT2D eigenvalue weighted by atomic mass is 16.5. The fourth-order valence-electron chi connectivity index (χ4n) is 3.23. The Bertz CT molecular complexity index is 866. The molecule has 0 unspecified atom stereocenters. The van der Waals surface area contributed by atoms with Crippen molar-refractivity contribution in [2.24, 2.45) is 0 Å². The summed E-state index contributed by atoms with van der Waals surface area (Å²) in [6.45, 7) is 4.35. The first-order chi connectivity index (χ1) is 11.8. The van der Waals surface area contributed by atoms with E-state index in [0.717, 1.165) is 56.0 Å². The number of carbonyl (C=O) groups excluding carboxylic acids is 1. The quantitative estimate of drug-likeness (QED) is 0.693. The molecule has 0 spiro atoms. The van der Waals surface area contributed by atoms with Gasteiger partial charge in [-0.1, -0.05) is 6.07 Å². The molecule has 0 N–H and O–H groups in total. The first-order valence-corrected chi connectivity index (χ1v) is 8.16. The molecule has 0 saturated carbocycles. The van der Waals surface area contributed by atoms with Crippen molar-refractivity contribution in [3.63, 3.8) is 0 Å². The van der Waals surface area contributed by atoms with Crippen molar-refractivity contribution in [3.05, 3.63) is 59.9 Å². The molecule has 0 bridgehead atoms. The molecule has 0 amide bonds. The second-order valence-electron chi connectivity index (χ2n) is 6.00. The van der Waals surface area contributed by atoms with Gasteiger partial charge in [-0.15, -0.1) is 0 Å². The van der Waals surface area contributed by atoms with Crippen LogP contribution in [0.3, 0.4) is 0 Å². The van der Waals surface area contributed by atoms with Gasteiger partial charge < -0.3 is 9.14 Å². The zero-order valence-electron chi connectivity index (χ0n) is 13.4. The normalized spacial score (nSPS) is 15.7. The number of pyridine rings is 2. The van der Waals surface area contributed by atoms with Crippen molar-refractivity contribution in [3.8, 4) is 11.4 Å². The van der Waals surface area contributed by atoms with E-state index in [9.17, 15) is 4.79 Å². The highest BCUT2D eigenvalue weighted by Crippen LogP contribution is 2.26. The molecule has 1 aliphatic rings. The molecule has 0 radical (unpaired) electrons. The summed E-state index contributed by atoms with van der Waals surface area (Å²) in [4.78, 5) is 18.4. The number of carbonyl (C=O) groups is 1. The van der Waals surface area contributed by atoms with Crippen LogP contribution in [0.1, 0.15) is 15.9 Å². The summed E-state index contributed by atoms with van der Waals surface area (Å²) in [5.74, 6) is 0. The van der Waals surface area contributed by atoms with E-state index in [1.807, 2.05) is 47.1 Å². The molecule has 5 heteroatoms. The molecular weight excluding hydrogens is 302 g/mol. The summed E-state index contributed by atoms with van der Waals surface area (Å²) in [6, 6.07) is 11.9. The lowest BCUT2D eigenvalue weighted by molar-refractivity contribution is 0.0342. The molecule has 1 fully saturated rings. The maximum Gasteiger partial charge on any atom is 0.152 e. The maximum atomic E-state index is 11.5. The molecule has 4 heterocycles. The molecule has 0 aliphatic carbocycles. The minimum absolute atomic E-state index is 0.664. The van der Waals surface area contributed by atoms with Crippen molar-refractivity contribution in [1.82, 2.24) is 14.3 Å². The molecule has 3 aromatic heterocycles. The molecule has 1 aliphatic heterocycles. The molecule has 4 rings (SSSR count). The van der Waals surface area contributed by atoms with Crippen molar-refractivity contribution in [2.75, 3.05) is 26.3 Å².